The second-order valence-corrected chi connectivity index (χ2v) is 5.28. The van der Waals surface area contributed by atoms with Crippen molar-refractivity contribution in [1.82, 2.24) is 0 Å². The average molecular weight is 239 g/mol. The number of nitrogens with two attached hydrogens (primary N) is 1. The van der Waals surface area contributed by atoms with Crippen LogP contribution in [0, 0.1) is 0 Å². The summed E-state index contributed by atoms with van der Waals surface area (Å²) >= 11 is 0. The summed E-state index contributed by atoms with van der Waals surface area (Å²) in [7, 11) is -2.70. The Bertz CT molecular complexity index is 153. The first kappa shape index (κ1) is 17.5. The topological polar surface area (TPSA) is 61.5 Å². The average Bonchev–Trinajstić information content (AvgIpc) is 2.21. The van der Waals surface area contributed by atoms with Gasteiger partial charge in [-0.3, -0.25) is 4.57 Å². The summed E-state index contributed by atoms with van der Waals surface area (Å²) in [5.41, 5.74) is 5.14. The van der Waals surface area contributed by atoms with Crippen LogP contribution in [0.2, 0.25) is 0 Å². The highest BCUT2D eigenvalue weighted by molar-refractivity contribution is 7.53. The monoisotopic (exact) mass is 239 g/mol. The lowest BCUT2D eigenvalue weighted by Crippen LogP contribution is -1.97. The van der Waals surface area contributed by atoms with E-state index in [4.69, 9.17) is 14.8 Å². The van der Waals surface area contributed by atoms with Gasteiger partial charge in [0.05, 0.1) is 13.2 Å². The predicted molar refractivity (Wildman–Crippen MR) is 65.4 cm³/mol. The molecule has 0 spiro atoms. The highest BCUT2D eigenvalue weighted by Gasteiger charge is 2.19. The Labute approximate surface area is 94.1 Å². The van der Waals surface area contributed by atoms with Crippen molar-refractivity contribution in [2.75, 3.05) is 25.9 Å². The summed E-state index contributed by atoms with van der Waals surface area (Å²) in [6.07, 6.45) is 2.84. The lowest BCUT2D eigenvalue weighted by atomic mass is 10.3. The number of hydrogen-bond acceptors (Lipinski definition) is 4. The van der Waals surface area contributed by atoms with Gasteiger partial charge < -0.3 is 14.8 Å². The van der Waals surface area contributed by atoms with Gasteiger partial charge in [0.25, 0.3) is 0 Å². The molecule has 0 rings (SSSR count). The Morgan fingerprint density at radius 1 is 1.07 bits per heavy atom. The summed E-state index contributed by atoms with van der Waals surface area (Å²) in [6.45, 7) is 9.29. The molecule has 15 heavy (non-hydrogen) atoms. The fourth-order valence-electron chi connectivity index (χ4n) is 0.817. The van der Waals surface area contributed by atoms with Gasteiger partial charge in [0.15, 0.2) is 0 Å². The van der Waals surface area contributed by atoms with Crippen LogP contribution >= 0.6 is 7.60 Å². The summed E-state index contributed by atoms with van der Waals surface area (Å²) in [6, 6.07) is 0. The van der Waals surface area contributed by atoms with Crippen molar-refractivity contribution in [2.24, 2.45) is 5.73 Å². The SMILES string of the molecule is CCCCN.CCOP(=O)(CC)OCC. The molecule has 0 amide bonds. The fraction of sp³-hybridized carbons (Fsp3) is 1.00. The molecule has 0 fully saturated rings. The third-order valence-electron chi connectivity index (χ3n) is 1.60. The summed E-state index contributed by atoms with van der Waals surface area (Å²) < 4.78 is 21.2. The van der Waals surface area contributed by atoms with E-state index < -0.39 is 7.60 Å². The third-order valence-corrected chi connectivity index (χ3v) is 3.67. The van der Waals surface area contributed by atoms with Gasteiger partial charge >= 0.3 is 7.60 Å². The van der Waals surface area contributed by atoms with Gasteiger partial charge in [0, 0.05) is 6.16 Å². The zero-order chi connectivity index (χ0) is 12.2. The van der Waals surface area contributed by atoms with Gasteiger partial charge in [-0.05, 0) is 26.8 Å². The van der Waals surface area contributed by atoms with Crippen molar-refractivity contribution < 1.29 is 13.6 Å². The first-order valence-electron chi connectivity index (χ1n) is 5.68. The number of hydrogen-bond donors (Lipinski definition) is 1. The molecule has 2 N–H and O–H groups in total. The molecule has 0 aromatic carbocycles. The smallest absolute Gasteiger partial charge is 0.330 e. The van der Waals surface area contributed by atoms with Crippen LogP contribution < -0.4 is 5.73 Å². The molecular weight excluding hydrogens is 213 g/mol. The summed E-state index contributed by atoms with van der Waals surface area (Å²) in [5.74, 6) is 0. The molecule has 4 nitrogen and oxygen atoms in total. The second-order valence-electron chi connectivity index (χ2n) is 2.90. The summed E-state index contributed by atoms with van der Waals surface area (Å²) in [4.78, 5) is 0. The van der Waals surface area contributed by atoms with Gasteiger partial charge in [-0.1, -0.05) is 20.3 Å². The molecule has 0 aliphatic carbocycles. The van der Waals surface area contributed by atoms with E-state index in [1.807, 2.05) is 0 Å². The molecule has 5 heteroatoms. The van der Waals surface area contributed by atoms with Crippen LogP contribution in [0.15, 0.2) is 0 Å². The van der Waals surface area contributed by atoms with Gasteiger partial charge in [-0.25, -0.2) is 0 Å². The minimum atomic E-state index is -2.70. The molecule has 0 heterocycles. The molecule has 0 saturated carbocycles. The molecule has 0 atom stereocenters. The molecule has 0 radical (unpaired) electrons. The lowest BCUT2D eigenvalue weighted by molar-refractivity contribution is 0.221. The highest BCUT2D eigenvalue weighted by Crippen LogP contribution is 2.47. The molecule has 0 saturated heterocycles. The van der Waals surface area contributed by atoms with E-state index in [1.165, 1.54) is 12.8 Å². The Morgan fingerprint density at radius 3 is 1.67 bits per heavy atom. The molecule has 0 aromatic heterocycles. The van der Waals surface area contributed by atoms with Gasteiger partial charge in [0.1, 0.15) is 0 Å². The predicted octanol–water partition coefficient (Wildman–Crippen LogP) is 3.02. The van der Waals surface area contributed by atoms with Crippen LogP contribution in [0.3, 0.4) is 0 Å². The normalized spacial score (nSPS) is 10.7. The Hall–Kier alpha value is 0.110. The van der Waals surface area contributed by atoms with Gasteiger partial charge in [0.2, 0.25) is 0 Å². The van der Waals surface area contributed by atoms with Gasteiger partial charge in [-0.15, -0.1) is 0 Å². The molecule has 0 aliphatic rings. The van der Waals surface area contributed by atoms with E-state index in [1.54, 1.807) is 20.8 Å². The largest absolute Gasteiger partial charge is 0.330 e. The molecular formula is C10H26NO3P. The Kier molecular flexibility index (Phi) is 14.2. The zero-order valence-corrected chi connectivity index (χ0v) is 11.4. The minimum Gasteiger partial charge on any atom is -0.330 e. The van der Waals surface area contributed by atoms with Crippen LogP contribution in [0.4, 0.5) is 0 Å². The van der Waals surface area contributed by atoms with E-state index in [-0.39, 0.29) is 0 Å². The van der Waals surface area contributed by atoms with Crippen molar-refractivity contribution in [3.63, 3.8) is 0 Å². The highest BCUT2D eigenvalue weighted by atomic mass is 31.2. The molecule has 0 aliphatic heterocycles. The van der Waals surface area contributed by atoms with Crippen molar-refractivity contribution in [3.8, 4) is 0 Å². The third kappa shape index (κ3) is 12.0. The van der Waals surface area contributed by atoms with Crippen LogP contribution in [0.25, 0.3) is 0 Å². The quantitative estimate of drug-likeness (QED) is 0.694. The van der Waals surface area contributed by atoms with E-state index in [9.17, 15) is 4.57 Å². The Balaban J connectivity index is 0. The van der Waals surface area contributed by atoms with Crippen LogP contribution in [-0.4, -0.2) is 25.9 Å². The standard InChI is InChI=1S/C6H15O3P.C4H11N/c1-4-8-10(7,6-3)9-5-2;1-2-3-4-5/h4-6H2,1-3H3;2-5H2,1H3. The van der Waals surface area contributed by atoms with Crippen molar-refractivity contribution in [3.05, 3.63) is 0 Å². The number of rotatable bonds is 7. The molecule has 94 valence electrons. The summed E-state index contributed by atoms with van der Waals surface area (Å²) in [5, 5.41) is 0. The van der Waals surface area contributed by atoms with Crippen molar-refractivity contribution >= 4 is 7.60 Å². The molecule has 0 unspecified atom stereocenters. The second kappa shape index (κ2) is 12.2. The van der Waals surface area contributed by atoms with E-state index >= 15 is 0 Å². The Morgan fingerprint density at radius 2 is 1.53 bits per heavy atom. The molecule has 0 bridgehead atoms. The first-order chi connectivity index (χ1) is 7.10. The van der Waals surface area contributed by atoms with Crippen LogP contribution in [-0.2, 0) is 13.6 Å². The van der Waals surface area contributed by atoms with E-state index in [0.717, 1.165) is 6.54 Å². The van der Waals surface area contributed by atoms with E-state index in [2.05, 4.69) is 6.92 Å². The molecule has 0 aromatic rings. The zero-order valence-electron chi connectivity index (χ0n) is 10.5. The maximum atomic E-state index is 11.3. The van der Waals surface area contributed by atoms with Crippen molar-refractivity contribution in [2.45, 2.75) is 40.5 Å². The van der Waals surface area contributed by atoms with Gasteiger partial charge in [-0.2, -0.15) is 0 Å². The van der Waals surface area contributed by atoms with Crippen LogP contribution in [0.5, 0.6) is 0 Å². The van der Waals surface area contributed by atoms with Crippen LogP contribution in [0.1, 0.15) is 40.5 Å². The maximum Gasteiger partial charge on any atom is 0.330 e. The first-order valence-corrected chi connectivity index (χ1v) is 7.41. The lowest BCUT2D eigenvalue weighted by Gasteiger charge is -2.13. The number of unbranched alkanes of at least 4 members (excludes halogenated alkanes) is 1. The van der Waals surface area contributed by atoms with E-state index in [0.29, 0.717) is 19.4 Å². The minimum absolute atomic E-state index is 0.450. The van der Waals surface area contributed by atoms with Crippen molar-refractivity contribution in [1.29, 1.82) is 0 Å². The fourth-order valence-corrected chi connectivity index (χ4v) is 2.04. The maximum absolute atomic E-state index is 11.3.